The fraction of sp³-hybridized carbons (Fsp3) is 0.111. The maximum Gasteiger partial charge on any atom is 0.182 e. The van der Waals surface area contributed by atoms with E-state index in [1.165, 1.54) is 12.1 Å². The number of aliphatic carboxylic acids is 1. The van der Waals surface area contributed by atoms with E-state index >= 15 is 0 Å². The monoisotopic (exact) mass is 430 g/mol. The number of carboxylic acids is 1. The SMILES string of the molecule is O=C([O-])C(=O)Cc1cc(I)c([O-])c(I)c1. The van der Waals surface area contributed by atoms with Crippen molar-refractivity contribution >= 4 is 56.9 Å². The van der Waals surface area contributed by atoms with Gasteiger partial charge in [0.2, 0.25) is 0 Å². The molecule has 1 aromatic rings. The summed E-state index contributed by atoms with van der Waals surface area (Å²) < 4.78 is 0.946. The third-order valence-corrected chi connectivity index (χ3v) is 3.25. The lowest BCUT2D eigenvalue weighted by atomic mass is 10.1. The van der Waals surface area contributed by atoms with Gasteiger partial charge in [0.05, 0.1) is 0 Å². The Labute approximate surface area is 113 Å². The van der Waals surface area contributed by atoms with Gasteiger partial charge in [0.15, 0.2) is 5.78 Å². The molecule has 0 spiro atoms. The average Bonchev–Trinajstić information content (AvgIpc) is 2.13. The number of ketones is 1. The van der Waals surface area contributed by atoms with Crippen LogP contribution in [0.25, 0.3) is 0 Å². The van der Waals surface area contributed by atoms with Crippen molar-refractivity contribution in [2.24, 2.45) is 0 Å². The maximum absolute atomic E-state index is 11.3. The van der Waals surface area contributed by atoms with Crippen LogP contribution in [0.3, 0.4) is 0 Å². The largest absolute Gasteiger partial charge is 0.871 e. The minimum atomic E-state index is -1.70. The van der Waals surface area contributed by atoms with Crippen molar-refractivity contribution in [2.75, 3.05) is 0 Å². The summed E-state index contributed by atoms with van der Waals surface area (Å²) in [5.74, 6) is -2.80. The molecule has 0 saturated carbocycles. The van der Waals surface area contributed by atoms with Crippen LogP contribution in [0.2, 0.25) is 0 Å². The van der Waals surface area contributed by atoms with Crippen LogP contribution >= 0.6 is 45.2 Å². The van der Waals surface area contributed by atoms with Crippen molar-refractivity contribution < 1.29 is 19.8 Å². The highest BCUT2D eigenvalue weighted by atomic mass is 127. The van der Waals surface area contributed by atoms with Crippen LogP contribution in [0.4, 0.5) is 0 Å². The molecule has 1 rings (SSSR count). The second kappa shape index (κ2) is 5.10. The molecule has 0 unspecified atom stereocenters. The minimum absolute atomic E-state index is 0.110. The summed E-state index contributed by atoms with van der Waals surface area (Å²) in [6, 6.07) is 3.01. The molecule has 0 saturated heterocycles. The highest BCUT2D eigenvalue weighted by molar-refractivity contribution is 14.1. The molecule has 0 fully saturated rings. The lowest BCUT2D eigenvalue weighted by molar-refractivity contribution is -0.299. The predicted molar refractivity (Wildman–Crippen MR) is 65.0 cm³/mol. The molecule has 0 radical (unpaired) electrons. The normalized spacial score (nSPS) is 10.0. The summed E-state index contributed by atoms with van der Waals surface area (Å²) >= 11 is 3.70. The Hall–Kier alpha value is -0.380. The zero-order chi connectivity index (χ0) is 11.6. The van der Waals surface area contributed by atoms with E-state index in [2.05, 4.69) is 0 Å². The van der Waals surface area contributed by atoms with E-state index < -0.39 is 11.8 Å². The van der Waals surface area contributed by atoms with E-state index in [0.29, 0.717) is 12.7 Å². The van der Waals surface area contributed by atoms with Gasteiger partial charge in [0.25, 0.3) is 0 Å². The topological polar surface area (TPSA) is 80.3 Å². The molecular weight excluding hydrogens is 426 g/mol. The first-order chi connectivity index (χ1) is 6.91. The third-order valence-electron chi connectivity index (χ3n) is 1.65. The molecule has 1 aromatic carbocycles. The second-order valence-electron chi connectivity index (χ2n) is 2.78. The standard InChI is InChI=1S/C9H6I2O4/c10-5-1-4(2-6(11)8(5)13)3-7(12)9(14)15/h1-2,13H,3H2,(H,14,15)/p-2. The minimum Gasteiger partial charge on any atom is -0.871 e. The Morgan fingerprint density at radius 3 is 2.07 bits per heavy atom. The van der Waals surface area contributed by atoms with Crippen molar-refractivity contribution in [1.82, 2.24) is 0 Å². The van der Waals surface area contributed by atoms with Gasteiger partial charge < -0.3 is 15.0 Å². The summed E-state index contributed by atoms with van der Waals surface area (Å²) in [6.07, 6.45) is -0.241. The smallest absolute Gasteiger partial charge is 0.182 e. The number of carbonyl (C=O) groups is 2. The Morgan fingerprint density at radius 1 is 1.20 bits per heavy atom. The molecule has 0 aromatic heterocycles. The third kappa shape index (κ3) is 3.30. The quantitative estimate of drug-likeness (QED) is 0.493. The summed E-state index contributed by atoms with van der Waals surface area (Å²) in [5, 5.41) is 21.5. The number of rotatable bonds is 3. The van der Waals surface area contributed by atoms with Gasteiger partial charge in [0.1, 0.15) is 5.97 Å². The zero-order valence-corrected chi connectivity index (χ0v) is 11.6. The van der Waals surface area contributed by atoms with Crippen LogP contribution in [0.15, 0.2) is 12.1 Å². The number of hydrogen-bond acceptors (Lipinski definition) is 4. The van der Waals surface area contributed by atoms with Crippen LogP contribution in [-0.4, -0.2) is 11.8 Å². The molecule has 0 atom stereocenters. The van der Waals surface area contributed by atoms with Crippen LogP contribution in [-0.2, 0) is 16.0 Å². The number of carboxylic acid groups (broad SMARTS) is 1. The van der Waals surface area contributed by atoms with Crippen LogP contribution < -0.4 is 10.2 Å². The summed E-state index contributed by atoms with van der Waals surface area (Å²) in [5.41, 5.74) is 0.512. The van der Waals surface area contributed by atoms with E-state index in [-0.39, 0.29) is 12.2 Å². The molecule has 0 heterocycles. The molecule has 0 N–H and O–H groups in total. The highest BCUT2D eigenvalue weighted by Gasteiger charge is 2.06. The Morgan fingerprint density at radius 2 is 1.67 bits per heavy atom. The number of Topliss-reactive ketones (excluding diaryl/α,β-unsaturated/α-hetero) is 1. The molecular formula is C9H4I2O4-2. The highest BCUT2D eigenvalue weighted by Crippen LogP contribution is 2.25. The molecule has 0 amide bonds. The van der Waals surface area contributed by atoms with Gasteiger partial charge in [-0.15, -0.1) is 0 Å². The summed E-state index contributed by atoms with van der Waals surface area (Å²) in [6.45, 7) is 0. The van der Waals surface area contributed by atoms with Crippen LogP contribution in [0.1, 0.15) is 5.56 Å². The van der Waals surface area contributed by atoms with Crippen LogP contribution in [0, 0.1) is 7.14 Å². The molecule has 4 nitrogen and oxygen atoms in total. The lowest BCUT2D eigenvalue weighted by Gasteiger charge is -2.13. The van der Waals surface area contributed by atoms with Gasteiger partial charge in [-0.2, -0.15) is 0 Å². The molecule has 80 valence electrons. The second-order valence-corrected chi connectivity index (χ2v) is 5.10. The van der Waals surface area contributed by atoms with E-state index in [0.717, 1.165) is 0 Å². The van der Waals surface area contributed by atoms with Crippen molar-refractivity contribution in [2.45, 2.75) is 6.42 Å². The molecule has 15 heavy (non-hydrogen) atoms. The number of halogens is 2. The lowest BCUT2D eigenvalue weighted by Crippen LogP contribution is -2.32. The molecule has 0 bridgehead atoms. The fourth-order valence-electron chi connectivity index (χ4n) is 0.972. The van der Waals surface area contributed by atoms with E-state index in [1.54, 1.807) is 0 Å². The van der Waals surface area contributed by atoms with Gasteiger partial charge in [-0.3, -0.25) is 4.79 Å². The van der Waals surface area contributed by atoms with Gasteiger partial charge in [-0.05, 0) is 62.9 Å². The van der Waals surface area contributed by atoms with E-state index in [9.17, 15) is 19.8 Å². The van der Waals surface area contributed by atoms with Gasteiger partial charge in [-0.25, -0.2) is 0 Å². The van der Waals surface area contributed by atoms with Gasteiger partial charge in [0, 0.05) is 13.6 Å². The predicted octanol–water partition coefficient (Wildman–Crippen LogP) is -0.169. The maximum atomic E-state index is 11.3. The molecule has 6 heteroatoms. The molecule has 0 aliphatic rings. The van der Waals surface area contributed by atoms with E-state index in [4.69, 9.17) is 0 Å². The van der Waals surface area contributed by atoms with Crippen molar-refractivity contribution in [3.8, 4) is 5.75 Å². The number of hydrogen-bond donors (Lipinski definition) is 0. The average molecular weight is 430 g/mol. The number of carbonyl (C=O) groups excluding carboxylic acids is 2. The first-order valence-corrected chi connectivity index (χ1v) is 5.96. The number of benzene rings is 1. The molecule has 0 aliphatic carbocycles. The van der Waals surface area contributed by atoms with Gasteiger partial charge in [-0.1, -0.05) is 5.75 Å². The summed E-state index contributed by atoms with van der Waals surface area (Å²) in [7, 11) is 0. The Kier molecular flexibility index (Phi) is 4.32. The first kappa shape index (κ1) is 12.7. The van der Waals surface area contributed by atoms with Crippen molar-refractivity contribution in [1.29, 1.82) is 0 Å². The van der Waals surface area contributed by atoms with Crippen LogP contribution in [0.5, 0.6) is 5.75 Å². The van der Waals surface area contributed by atoms with Crippen molar-refractivity contribution in [3.05, 3.63) is 24.8 Å². The summed E-state index contributed by atoms with van der Waals surface area (Å²) in [4.78, 5) is 21.1. The first-order valence-electron chi connectivity index (χ1n) is 3.81. The fourth-order valence-corrected chi connectivity index (χ4v) is 2.87. The Bertz CT molecular complexity index is 405. The Balaban J connectivity index is 2.98. The molecule has 0 aliphatic heterocycles. The van der Waals surface area contributed by atoms with Gasteiger partial charge >= 0.3 is 0 Å². The van der Waals surface area contributed by atoms with E-state index in [1.807, 2.05) is 45.2 Å². The van der Waals surface area contributed by atoms with Crippen molar-refractivity contribution in [3.63, 3.8) is 0 Å². The zero-order valence-electron chi connectivity index (χ0n) is 7.25.